The van der Waals surface area contributed by atoms with Gasteiger partial charge in [0.2, 0.25) is 0 Å². The first kappa shape index (κ1) is 14.3. The summed E-state index contributed by atoms with van der Waals surface area (Å²) >= 11 is 0. The summed E-state index contributed by atoms with van der Waals surface area (Å²) in [6, 6.07) is 16.3. The molecule has 2 aliphatic heterocycles. The van der Waals surface area contributed by atoms with Crippen molar-refractivity contribution in [2.75, 3.05) is 24.5 Å². The van der Waals surface area contributed by atoms with Crippen molar-refractivity contribution in [2.45, 2.75) is 18.9 Å². The Kier molecular flexibility index (Phi) is 3.75. The van der Waals surface area contributed by atoms with Gasteiger partial charge in [-0.2, -0.15) is 0 Å². The van der Waals surface area contributed by atoms with Gasteiger partial charge in [0.25, 0.3) is 0 Å². The van der Waals surface area contributed by atoms with E-state index in [9.17, 15) is 4.79 Å². The van der Waals surface area contributed by atoms with Crippen LogP contribution < -0.4 is 10.2 Å². The number of anilines is 1. The average Bonchev–Trinajstić information content (AvgIpc) is 2.83. The molecule has 1 amide bonds. The normalized spacial score (nSPS) is 20.8. The van der Waals surface area contributed by atoms with Gasteiger partial charge < -0.3 is 10.1 Å². The number of ether oxygens (including phenoxy) is 1. The molecule has 2 heterocycles. The van der Waals surface area contributed by atoms with Gasteiger partial charge in [-0.05, 0) is 54.8 Å². The van der Waals surface area contributed by atoms with Crippen LogP contribution >= 0.6 is 0 Å². The zero-order valence-electron chi connectivity index (χ0n) is 13.0. The lowest BCUT2D eigenvalue weighted by atomic mass is 10.0. The molecule has 1 atom stereocenters. The number of nitrogens with one attached hydrogen (secondary N) is 1. The van der Waals surface area contributed by atoms with Gasteiger partial charge in [0.1, 0.15) is 6.10 Å². The fourth-order valence-electron chi connectivity index (χ4n) is 3.34. The summed E-state index contributed by atoms with van der Waals surface area (Å²) in [6.07, 6.45) is 1.61. The first-order valence-electron chi connectivity index (χ1n) is 8.17. The molecule has 0 saturated carbocycles. The Balaban J connectivity index is 1.59. The molecule has 2 aliphatic rings. The molecule has 0 radical (unpaired) electrons. The van der Waals surface area contributed by atoms with E-state index in [1.165, 1.54) is 11.1 Å². The topological polar surface area (TPSA) is 41.6 Å². The summed E-state index contributed by atoms with van der Waals surface area (Å²) in [5.74, 6) is 0. The second-order valence-corrected chi connectivity index (χ2v) is 6.10. The average molecular weight is 308 g/mol. The maximum atomic E-state index is 12.3. The van der Waals surface area contributed by atoms with Gasteiger partial charge in [-0.3, -0.25) is 4.90 Å². The Morgan fingerprint density at radius 1 is 1.00 bits per heavy atom. The van der Waals surface area contributed by atoms with E-state index in [-0.39, 0.29) is 12.2 Å². The summed E-state index contributed by atoms with van der Waals surface area (Å²) in [4.78, 5) is 14.0. The van der Waals surface area contributed by atoms with Crippen molar-refractivity contribution in [1.82, 2.24) is 5.32 Å². The van der Waals surface area contributed by atoms with E-state index in [1.807, 2.05) is 36.4 Å². The molecule has 0 aliphatic carbocycles. The van der Waals surface area contributed by atoms with E-state index in [4.69, 9.17) is 4.74 Å². The minimum absolute atomic E-state index is 0.191. The third-order valence-corrected chi connectivity index (χ3v) is 4.63. The van der Waals surface area contributed by atoms with Gasteiger partial charge in [-0.25, -0.2) is 4.79 Å². The second kappa shape index (κ2) is 6.05. The summed E-state index contributed by atoms with van der Waals surface area (Å²) in [6.45, 7) is 2.58. The third-order valence-electron chi connectivity index (χ3n) is 4.63. The molecule has 0 bridgehead atoms. The van der Waals surface area contributed by atoms with Gasteiger partial charge >= 0.3 is 6.09 Å². The van der Waals surface area contributed by atoms with Crippen molar-refractivity contribution in [2.24, 2.45) is 0 Å². The van der Waals surface area contributed by atoms with E-state index < -0.39 is 0 Å². The first-order chi connectivity index (χ1) is 11.3. The highest BCUT2D eigenvalue weighted by Crippen LogP contribution is 2.31. The lowest BCUT2D eigenvalue weighted by molar-refractivity contribution is 0.142. The molecule has 1 unspecified atom stereocenters. The fraction of sp³-hybridized carbons (Fsp3) is 0.316. The highest BCUT2D eigenvalue weighted by atomic mass is 16.6. The predicted molar refractivity (Wildman–Crippen MR) is 89.7 cm³/mol. The minimum atomic E-state index is -0.259. The molecule has 0 spiro atoms. The summed E-state index contributed by atoms with van der Waals surface area (Å²) in [5, 5.41) is 3.42. The Labute approximate surface area is 136 Å². The number of benzene rings is 2. The van der Waals surface area contributed by atoms with E-state index in [2.05, 4.69) is 17.4 Å². The number of fused-ring (bicyclic) bond motifs is 1. The summed E-state index contributed by atoms with van der Waals surface area (Å²) in [7, 11) is 0. The summed E-state index contributed by atoms with van der Waals surface area (Å²) in [5.41, 5.74) is 4.70. The molecule has 1 saturated heterocycles. The highest BCUT2D eigenvalue weighted by Gasteiger charge is 2.33. The van der Waals surface area contributed by atoms with Gasteiger partial charge in [0, 0.05) is 5.69 Å². The molecule has 0 aromatic heterocycles. The van der Waals surface area contributed by atoms with Gasteiger partial charge in [0.15, 0.2) is 0 Å². The Morgan fingerprint density at radius 2 is 1.78 bits per heavy atom. The monoisotopic (exact) mass is 308 g/mol. The number of nitrogens with zero attached hydrogens (tertiary/aromatic N) is 1. The van der Waals surface area contributed by atoms with Crippen molar-refractivity contribution in [3.8, 4) is 0 Å². The molecule has 4 rings (SSSR count). The lowest BCUT2D eigenvalue weighted by Gasteiger charge is -2.16. The van der Waals surface area contributed by atoms with Crippen LogP contribution in [-0.2, 0) is 17.6 Å². The number of amides is 1. The second-order valence-electron chi connectivity index (χ2n) is 6.10. The van der Waals surface area contributed by atoms with E-state index in [1.54, 1.807) is 4.90 Å². The molecule has 2 aromatic rings. The van der Waals surface area contributed by atoms with Gasteiger partial charge in [-0.15, -0.1) is 0 Å². The van der Waals surface area contributed by atoms with Crippen molar-refractivity contribution < 1.29 is 9.53 Å². The van der Waals surface area contributed by atoms with Crippen LogP contribution in [0.5, 0.6) is 0 Å². The minimum Gasteiger partial charge on any atom is -0.439 e. The first-order valence-corrected chi connectivity index (χ1v) is 8.17. The van der Waals surface area contributed by atoms with Crippen LogP contribution in [0.4, 0.5) is 10.5 Å². The van der Waals surface area contributed by atoms with Crippen molar-refractivity contribution in [1.29, 1.82) is 0 Å². The van der Waals surface area contributed by atoms with E-state index >= 15 is 0 Å². The Hall–Kier alpha value is -2.33. The molecular formula is C19H20N2O2. The highest BCUT2D eigenvalue weighted by molar-refractivity contribution is 5.90. The maximum absolute atomic E-state index is 12.3. The summed E-state index contributed by atoms with van der Waals surface area (Å²) < 4.78 is 5.56. The van der Waals surface area contributed by atoms with Crippen LogP contribution in [0.1, 0.15) is 22.8 Å². The van der Waals surface area contributed by atoms with Crippen molar-refractivity contribution in [3.05, 3.63) is 65.2 Å². The Morgan fingerprint density at radius 3 is 2.61 bits per heavy atom. The van der Waals surface area contributed by atoms with Crippen LogP contribution in [0, 0.1) is 0 Å². The maximum Gasteiger partial charge on any atom is 0.415 e. The van der Waals surface area contributed by atoms with Crippen LogP contribution in [0.15, 0.2) is 48.5 Å². The predicted octanol–water partition coefficient (Wildman–Crippen LogP) is 3.07. The third kappa shape index (κ3) is 2.82. The van der Waals surface area contributed by atoms with E-state index in [0.717, 1.165) is 37.2 Å². The quantitative estimate of drug-likeness (QED) is 0.927. The van der Waals surface area contributed by atoms with E-state index in [0.29, 0.717) is 6.54 Å². The number of carbonyl (C=O) groups is 1. The van der Waals surface area contributed by atoms with Crippen molar-refractivity contribution >= 4 is 11.8 Å². The standard InChI is InChI=1S/C19H20N2O2/c22-19-21(13-18(23-19)15-4-2-1-3-5-15)17-7-6-14-8-10-20-11-9-16(14)12-17/h1-7,12,18,20H,8-11,13H2. The van der Waals surface area contributed by atoms with Crippen molar-refractivity contribution in [3.63, 3.8) is 0 Å². The SMILES string of the molecule is O=C1OC(c2ccccc2)CN1c1ccc2c(c1)CCNCC2. The molecule has 118 valence electrons. The van der Waals surface area contributed by atoms with Gasteiger partial charge in [-0.1, -0.05) is 36.4 Å². The van der Waals surface area contributed by atoms with Gasteiger partial charge in [0.05, 0.1) is 6.54 Å². The number of hydrogen-bond donors (Lipinski definition) is 1. The molecular weight excluding hydrogens is 288 g/mol. The molecule has 4 heteroatoms. The number of carbonyl (C=O) groups excluding carboxylic acids is 1. The molecule has 2 aromatic carbocycles. The number of cyclic esters (lactones) is 1. The smallest absolute Gasteiger partial charge is 0.415 e. The Bertz CT molecular complexity index is 715. The molecule has 1 fully saturated rings. The van der Waals surface area contributed by atoms with Crippen LogP contribution in [0.3, 0.4) is 0 Å². The number of hydrogen-bond acceptors (Lipinski definition) is 3. The fourth-order valence-corrected chi connectivity index (χ4v) is 3.34. The molecule has 23 heavy (non-hydrogen) atoms. The number of rotatable bonds is 2. The zero-order valence-corrected chi connectivity index (χ0v) is 13.0. The lowest BCUT2D eigenvalue weighted by Crippen LogP contribution is -2.23. The van der Waals surface area contributed by atoms with Crippen LogP contribution in [-0.4, -0.2) is 25.7 Å². The van der Waals surface area contributed by atoms with Crippen LogP contribution in [0.25, 0.3) is 0 Å². The zero-order chi connectivity index (χ0) is 15.6. The largest absolute Gasteiger partial charge is 0.439 e. The molecule has 4 nitrogen and oxygen atoms in total. The molecule has 1 N–H and O–H groups in total. The van der Waals surface area contributed by atoms with Crippen LogP contribution in [0.2, 0.25) is 0 Å².